The number of ketones is 2. The number of hydrogen-bond acceptors (Lipinski definition) is 4. The van der Waals surface area contributed by atoms with Crippen LogP contribution in [-0.4, -0.2) is 23.1 Å². The molecule has 2 rings (SSSR count). The number of allylic oxidation sites excluding steroid dienone is 2. The van der Waals surface area contributed by atoms with E-state index in [4.69, 9.17) is 11.6 Å². The van der Waals surface area contributed by atoms with Gasteiger partial charge in [-0.2, -0.15) is 0 Å². The molecule has 0 unspecified atom stereocenters. The lowest BCUT2D eigenvalue weighted by molar-refractivity contribution is -0.111. The molecule has 0 aliphatic rings. The van der Waals surface area contributed by atoms with Crippen molar-refractivity contribution in [3.63, 3.8) is 0 Å². The number of benzene rings is 2. The summed E-state index contributed by atoms with van der Waals surface area (Å²) < 4.78 is 0.777. The Hall–Kier alpha value is -1.75. The fourth-order valence-corrected chi connectivity index (χ4v) is 4.68. The van der Waals surface area contributed by atoms with Gasteiger partial charge in [0.1, 0.15) is 0 Å². The van der Waals surface area contributed by atoms with Crippen molar-refractivity contribution in [1.29, 1.82) is 0 Å². The molecule has 0 bridgehead atoms. The van der Waals surface area contributed by atoms with Gasteiger partial charge in [0.25, 0.3) is 0 Å². The average molecular weight is 417 g/mol. The fourth-order valence-electron chi connectivity index (χ4n) is 2.32. The molecule has 0 atom stereocenters. The summed E-state index contributed by atoms with van der Waals surface area (Å²) in [4.78, 5) is 26.0. The molecule has 2 aromatic carbocycles. The van der Waals surface area contributed by atoms with Crippen LogP contribution in [0, 0.1) is 0 Å². The number of hydrogen-bond donors (Lipinski definition) is 0. The van der Waals surface area contributed by atoms with E-state index in [0.29, 0.717) is 10.6 Å². The van der Waals surface area contributed by atoms with Crippen LogP contribution in [0.25, 0.3) is 6.08 Å². The highest BCUT2D eigenvalue weighted by molar-refractivity contribution is 8.22. The molecule has 140 valence electrons. The predicted octanol–water partition coefficient (Wildman–Crippen LogP) is 6.52. The molecule has 0 heterocycles. The van der Waals surface area contributed by atoms with Gasteiger partial charge in [-0.3, -0.25) is 9.59 Å². The van der Waals surface area contributed by atoms with Crippen molar-refractivity contribution in [2.45, 2.75) is 13.8 Å². The van der Waals surface area contributed by atoms with E-state index < -0.39 is 0 Å². The Kier molecular flexibility index (Phi) is 8.92. The summed E-state index contributed by atoms with van der Waals surface area (Å²) in [5.74, 6) is 1.07. The third-order valence-electron chi connectivity index (χ3n) is 3.56. The van der Waals surface area contributed by atoms with Crippen molar-refractivity contribution in [1.82, 2.24) is 0 Å². The molecule has 2 aromatic rings. The van der Waals surface area contributed by atoms with E-state index in [0.717, 1.165) is 21.3 Å². The second kappa shape index (κ2) is 11.2. The standard InChI is InChI=1S/C22H21ClO2S2/c1-3-26-22(27-4-2)20(21(25)17-8-6-5-7-9-17)19(24)15-12-16-10-13-18(23)14-11-16/h5-15H,3-4H2,1-2H3/b15-12+. The molecular formula is C22H21ClO2S2. The van der Waals surface area contributed by atoms with Gasteiger partial charge in [-0.1, -0.05) is 74.0 Å². The molecule has 5 heteroatoms. The maximum Gasteiger partial charge on any atom is 0.198 e. The normalized spacial score (nSPS) is 10.8. The summed E-state index contributed by atoms with van der Waals surface area (Å²) in [6.07, 6.45) is 3.17. The predicted molar refractivity (Wildman–Crippen MR) is 120 cm³/mol. The zero-order chi connectivity index (χ0) is 19.6. The van der Waals surface area contributed by atoms with E-state index >= 15 is 0 Å². The summed E-state index contributed by atoms with van der Waals surface area (Å²) in [7, 11) is 0. The Morgan fingerprint density at radius 3 is 2.07 bits per heavy atom. The van der Waals surface area contributed by atoms with Gasteiger partial charge in [-0.25, -0.2) is 0 Å². The first-order chi connectivity index (χ1) is 13.1. The maximum atomic E-state index is 13.1. The van der Waals surface area contributed by atoms with E-state index in [1.165, 1.54) is 29.6 Å². The smallest absolute Gasteiger partial charge is 0.198 e. The molecule has 0 amide bonds. The first kappa shape index (κ1) is 21.5. The Balaban J connectivity index is 2.41. The highest BCUT2D eigenvalue weighted by atomic mass is 35.5. The largest absolute Gasteiger partial charge is 0.289 e. The Labute approximate surface area is 174 Å². The van der Waals surface area contributed by atoms with Crippen molar-refractivity contribution in [3.05, 3.63) is 86.6 Å². The number of carbonyl (C=O) groups is 2. The summed E-state index contributed by atoms with van der Waals surface area (Å²) in [6, 6.07) is 16.1. The fraction of sp³-hybridized carbons (Fsp3) is 0.182. The van der Waals surface area contributed by atoms with Crippen LogP contribution in [0.2, 0.25) is 5.02 Å². The first-order valence-corrected chi connectivity index (χ1v) is 11.0. The van der Waals surface area contributed by atoms with E-state index in [1.807, 2.05) is 32.0 Å². The van der Waals surface area contributed by atoms with E-state index in [9.17, 15) is 9.59 Å². The molecule has 0 aliphatic heterocycles. The third-order valence-corrected chi connectivity index (χ3v) is 6.03. The first-order valence-electron chi connectivity index (χ1n) is 8.64. The summed E-state index contributed by atoms with van der Waals surface area (Å²) in [6.45, 7) is 4.03. The number of thioether (sulfide) groups is 2. The van der Waals surface area contributed by atoms with Crippen LogP contribution in [0.5, 0.6) is 0 Å². The van der Waals surface area contributed by atoms with Gasteiger partial charge >= 0.3 is 0 Å². The van der Waals surface area contributed by atoms with Crippen LogP contribution >= 0.6 is 35.1 Å². The van der Waals surface area contributed by atoms with Gasteiger partial charge in [0.2, 0.25) is 0 Å². The van der Waals surface area contributed by atoms with Crippen LogP contribution < -0.4 is 0 Å². The van der Waals surface area contributed by atoms with Crippen LogP contribution in [0.3, 0.4) is 0 Å². The van der Waals surface area contributed by atoms with Crippen LogP contribution in [0.4, 0.5) is 0 Å². The molecule has 0 saturated carbocycles. The number of rotatable bonds is 9. The van der Waals surface area contributed by atoms with E-state index in [1.54, 1.807) is 42.5 Å². The van der Waals surface area contributed by atoms with Crippen molar-refractivity contribution in [3.8, 4) is 0 Å². The number of Topliss-reactive ketones (excluding diaryl/α,β-unsaturated/α-hetero) is 1. The second-order valence-electron chi connectivity index (χ2n) is 5.47. The minimum atomic E-state index is -0.282. The molecule has 0 spiro atoms. The van der Waals surface area contributed by atoms with Crippen molar-refractivity contribution >= 4 is 52.8 Å². The van der Waals surface area contributed by atoms with Gasteiger partial charge in [-0.15, -0.1) is 23.5 Å². The minimum absolute atomic E-state index is 0.238. The van der Waals surface area contributed by atoms with E-state index in [-0.39, 0.29) is 17.1 Å². The molecule has 0 fully saturated rings. The molecule has 0 N–H and O–H groups in total. The van der Waals surface area contributed by atoms with Crippen molar-refractivity contribution < 1.29 is 9.59 Å². The number of carbonyl (C=O) groups excluding carboxylic acids is 2. The topological polar surface area (TPSA) is 34.1 Å². The molecule has 0 aromatic heterocycles. The molecular weight excluding hydrogens is 396 g/mol. The molecule has 0 saturated heterocycles. The lowest BCUT2D eigenvalue weighted by Crippen LogP contribution is -2.13. The second-order valence-corrected chi connectivity index (χ2v) is 8.72. The summed E-state index contributed by atoms with van der Waals surface area (Å²) in [5, 5.41) is 0.638. The lowest BCUT2D eigenvalue weighted by atomic mass is 10.0. The Morgan fingerprint density at radius 2 is 1.52 bits per heavy atom. The van der Waals surface area contributed by atoms with Gasteiger partial charge in [0.15, 0.2) is 11.6 Å². The molecule has 2 nitrogen and oxygen atoms in total. The van der Waals surface area contributed by atoms with Crippen LogP contribution in [-0.2, 0) is 4.79 Å². The Morgan fingerprint density at radius 1 is 0.926 bits per heavy atom. The SMILES string of the molecule is CCSC(SCC)=C(C(=O)/C=C/c1ccc(Cl)cc1)C(=O)c1ccccc1. The number of halogens is 1. The van der Waals surface area contributed by atoms with Crippen LogP contribution in [0.15, 0.2) is 70.5 Å². The molecule has 0 aliphatic carbocycles. The molecule has 27 heavy (non-hydrogen) atoms. The van der Waals surface area contributed by atoms with Crippen LogP contribution in [0.1, 0.15) is 29.8 Å². The monoisotopic (exact) mass is 416 g/mol. The minimum Gasteiger partial charge on any atom is -0.289 e. The Bertz CT molecular complexity index is 832. The summed E-state index contributed by atoms with van der Waals surface area (Å²) >= 11 is 8.96. The van der Waals surface area contributed by atoms with Gasteiger partial charge in [0, 0.05) is 10.6 Å². The zero-order valence-electron chi connectivity index (χ0n) is 15.3. The van der Waals surface area contributed by atoms with Gasteiger partial charge in [-0.05, 0) is 35.3 Å². The molecule has 0 radical (unpaired) electrons. The third kappa shape index (κ3) is 6.42. The maximum absolute atomic E-state index is 13.1. The highest BCUT2D eigenvalue weighted by Crippen LogP contribution is 2.33. The highest BCUT2D eigenvalue weighted by Gasteiger charge is 2.23. The van der Waals surface area contributed by atoms with Gasteiger partial charge in [0.05, 0.1) is 9.81 Å². The average Bonchev–Trinajstić information content (AvgIpc) is 2.68. The van der Waals surface area contributed by atoms with Gasteiger partial charge < -0.3 is 0 Å². The quantitative estimate of drug-likeness (QED) is 0.201. The van der Waals surface area contributed by atoms with Crippen molar-refractivity contribution in [2.24, 2.45) is 0 Å². The lowest BCUT2D eigenvalue weighted by Gasteiger charge is -2.11. The zero-order valence-corrected chi connectivity index (χ0v) is 17.7. The van der Waals surface area contributed by atoms with Crippen molar-refractivity contribution in [2.75, 3.05) is 11.5 Å². The summed E-state index contributed by atoms with van der Waals surface area (Å²) in [5.41, 5.74) is 1.61. The van der Waals surface area contributed by atoms with E-state index in [2.05, 4.69) is 0 Å².